The van der Waals surface area contributed by atoms with Crippen LogP contribution in [-0.2, 0) is 20.9 Å². The van der Waals surface area contributed by atoms with Crippen molar-refractivity contribution in [3.8, 4) is 0 Å². The summed E-state index contributed by atoms with van der Waals surface area (Å²) in [5, 5.41) is 3.30. The van der Waals surface area contributed by atoms with Crippen LogP contribution in [0.1, 0.15) is 16.4 Å². The highest BCUT2D eigenvalue weighted by molar-refractivity contribution is 8.00. The lowest BCUT2D eigenvalue weighted by Gasteiger charge is -2.30. The van der Waals surface area contributed by atoms with E-state index < -0.39 is 45.5 Å². The van der Waals surface area contributed by atoms with E-state index in [1.54, 1.807) is 60.7 Å². The summed E-state index contributed by atoms with van der Waals surface area (Å²) in [6, 6.07) is 18.6. The Bertz CT molecular complexity index is 1710. The molecule has 0 spiro atoms. The van der Waals surface area contributed by atoms with E-state index in [9.17, 15) is 23.6 Å². The van der Waals surface area contributed by atoms with Gasteiger partial charge in [0.15, 0.2) is 0 Å². The third-order valence-electron chi connectivity index (χ3n) is 6.79. The van der Waals surface area contributed by atoms with Gasteiger partial charge in [0.2, 0.25) is 17.7 Å². The number of hydrogen-bond donors (Lipinski definition) is 1. The van der Waals surface area contributed by atoms with Crippen LogP contribution in [0, 0.1) is 11.7 Å². The molecular weight excluding hydrogens is 596 g/mol. The van der Waals surface area contributed by atoms with Gasteiger partial charge in [-0.05, 0) is 66.2 Å². The number of anilines is 2. The topological polar surface area (TPSA) is 88.5 Å². The Morgan fingerprint density at radius 3 is 2.15 bits per heavy atom. The lowest BCUT2D eigenvalue weighted by atomic mass is 9.83. The highest BCUT2D eigenvalue weighted by atomic mass is 35.5. The number of nitrogens with one attached hydrogen (secondary N) is 1. The van der Waals surface area contributed by atoms with Gasteiger partial charge in [-0.2, -0.15) is 0 Å². The molecule has 2 aliphatic heterocycles. The zero-order chi connectivity index (χ0) is 28.1. The van der Waals surface area contributed by atoms with Gasteiger partial charge in [-0.25, -0.2) is 9.29 Å². The Kier molecular flexibility index (Phi) is 7.03. The molecule has 1 fully saturated rings. The molecule has 0 radical (unpaired) electrons. The lowest BCUT2D eigenvalue weighted by molar-refractivity contribution is -0.122. The van der Waals surface area contributed by atoms with Crippen molar-refractivity contribution in [3.63, 3.8) is 0 Å². The smallest absolute Gasteiger partial charge is 0.308 e. The van der Waals surface area contributed by atoms with Crippen LogP contribution >= 0.6 is 46.3 Å². The number of halogens is 3. The number of benzene rings is 3. The van der Waals surface area contributed by atoms with Gasteiger partial charge in [0.1, 0.15) is 17.6 Å². The van der Waals surface area contributed by atoms with Crippen molar-refractivity contribution in [3.05, 3.63) is 109 Å². The van der Waals surface area contributed by atoms with E-state index in [1.807, 2.05) is 0 Å². The number of rotatable bonds is 5. The van der Waals surface area contributed by atoms with Crippen LogP contribution < -0.4 is 15.1 Å². The average molecular weight is 615 g/mol. The summed E-state index contributed by atoms with van der Waals surface area (Å²) in [6.07, 6.45) is 0. The Morgan fingerprint density at radius 1 is 0.875 bits per heavy atom. The zero-order valence-corrected chi connectivity index (χ0v) is 23.5. The van der Waals surface area contributed by atoms with E-state index in [4.69, 9.17) is 23.2 Å². The number of nitrogens with zero attached hydrogens (tertiary/aromatic N) is 2. The fraction of sp³-hybridized carbons (Fsp3) is 0.143. The molecule has 3 aromatic carbocycles. The second kappa shape index (κ2) is 10.5. The number of carbonyl (C=O) groups excluding carboxylic acids is 3. The first-order valence-corrected chi connectivity index (χ1v) is 14.5. The predicted octanol–water partition coefficient (Wildman–Crippen LogP) is 5.79. The Labute approximate surface area is 245 Å². The number of imide groups is 1. The number of fused-ring (bicyclic) bond motifs is 2. The zero-order valence-electron chi connectivity index (χ0n) is 20.3. The first-order valence-electron chi connectivity index (χ1n) is 12.1. The quantitative estimate of drug-likeness (QED) is 0.288. The van der Waals surface area contributed by atoms with Crippen LogP contribution in [-0.4, -0.2) is 27.5 Å². The Balaban J connectivity index is 1.40. The van der Waals surface area contributed by atoms with Crippen molar-refractivity contribution in [2.45, 2.75) is 22.7 Å². The summed E-state index contributed by atoms with van der Waals surface area (Å²) in [6.45, 7) is -0.295. The summed E-state index contributed by atoms with van der Waals surface area (Å²) in [7, 11) is 0. The molecule has 2 unspecified atom stereocenters. The van der Waals surface area contributed by atoms with E-state index in [1.165, 1.54) is 16.7 Å². The van der Waals surface area contributed by atoms with Gasteiger partial charge in [0, 0.05) is 26.5 Å². The van der Waals surface area contributed by atoms with Crippen LogP contribution in [0.3, 0.4) is 0 Å². The maximum atomic E-state index is 13.8. The van der Waals surface area contributed by atoms with Crippen molar-refractivity contribution >= 4 is 75.4 Å². The summed E-state index contributed by atoms with van der Waals surface area (Å²) >= 11 is 14.0. The molecule has 4 aromatic rings. The van der Waals surface area contributed by atoms with Crippen molar-refractivity contribution in [2.75, 3.05) is 10.2 Å². The summed E-state index contributed by atoms with van der Waals surface area (Å²) in [5.74, 6) is -3.27. The average Bonchev–Trinajstić information content (AvgIpc) is 3.37. The Morgan fingerprint density at radius 2 is 1.50 bits per heavy atom. The minimum Gasteiger partial charge on any atom is -0.325 e. The molecule has 1 aromatic heterocycles. The number of amides is 3. The molecule has 3 amide bonds. The van der Waals surface area contributed by atoms with Gasteiger partial charge in [-0.15, -0.1) is 0 Å². The fourth-order valence-electron chi connectivity index (χ4n) is 5.01. The number of carbonyl (C=O) groups is 3. The molecule has 0 aliphatic carbocycles. The minimum atomic E-state index is -0.856. The molecular formula is C28H18Cl2FN3O4S2. The van der Waals surface area contributed by atoms with Crippen LogP contribution in [0.5, 0.6) is 0 Å². The largest absolute Gasteiger partial charge is 0.325 e. The maximum Gasteiger partial charge on any atom is 0.308 e. The van der Waals surface area contributed by atoms with Crippen molar-refractivity contribution in [1.82, 2.24) is 4.57 Å². The van der Waals surface area contributed by atoms with E-state index in [0.29, 0.717) is 36.9 Å². The fourth-order valence-corrected chi connectivity index (χ4v) is 8.03. The molecule has 3 heterocycles. The van der Waals surface area contributed by atoms with Crippen LogP contribution in [0.15, 0.2) is 82.6 Å². The number of aromatic nitrogens is 1. The van der Waals surface area contributed by atoms with Gasteiger partial charge < -0.3 is 5.32 Å². The molecule has 1 N–H and O–H groups in total. The summed E-state index contributed by atoms with van der Waals surface area (Å²) < 4.78 is 15.2. The van der Waals surface area contributed by atoms with Gasteiger partial charge in [-0.3, -0.25) is 23.7 Å². The molecule has 12 heteroatoms. The van der Waals surface area contributed by atoms with Gasteiger partial charge >= 0.3 is 4.87 Å². The van der Waals surface area contributed by atoms with E-state index in [-0.39, 0.29) is 6.54 Å². The van der Waals surface area contributed by atoms with Crippen LogP contribution in [0.25, 0.3) is 0 Å². The minimum absolute atomic E-state index is 0.295. The second-order valence-corrected chi connectivity index (χ2v) is 12.3. The van der Waals surface area contributed by atoms with Crippen LogP contribution in [0.4, 0.5) is 15.8 Å². The summed E-state index contributed by atoms with van der Waals surface area (Å²) in [4.78, 5) is 54.9. The van der Waals surface area contributed by atoms with Gasteiger partial charge in [-0.1, -0.05) is 58.4 Å². The normalized spacial score (nSPS) is 19.9. The molecule has 3 atom stereocenters. The molecule has 40 heavy (non-hydrogen) atoms. The van der Waals surface area contributed by atoms with Gasteiger partial charge in [0.25, 0.3) is 0 Å². The van der Waals surface area contributed by atoms with E-state index >= 15 is 0 Å². The standard InChI is InChI=1S/C28H18Cl2FN3O4S2/c29-15-3-9-18(10-4-15)32-20(35)13-33-27-24(40-28(33)38)21(14-1-7-17(31)8-2-14)22-23(39-27)26(37)34(25(22)36)19-11-5-16(30)6-12-19/h1-12,21-23H,13H2,(H,32,35)/t21-,22?,23?/m0/s1. The monoisotopic (exact) mass is 613 g/mol. The SMILES string of the molecule is O=C(Cn1c2c(sc1=O)[C@@H](c1ccc(F)cc1)C1C(=O)N(c3ccc(Cl)cc3)C(=O)C1S2)Nc1ccc(Cl)cc1. The highest BCUT2D eigenvalue weighted by Gasteiger charge is 2.56. The number of thiazole rings is 1. The van der Waals surface area contributed by atoms with E-state index in [0.717, 1.165) is 28.0 Å². The first kappa shape index (κ1) is 26.8. The van der Waals surface area contributed by atoms with Crippen LogP contribution in [0.2, 0.25) is 10.0 Å². The van der Waals surface area contributed by atoms with Crippen molar-refractivity contribution < 1.29 is 18.8 Å². The molecule has 202 valence electrons. The lowest BCUT2D eigenvalue weighted by Crippen LogP contribution is -2.33. The maximum absolute atomic E-state index is 13.8. The third kappa shape index (κ3) is 4.75. The molecule has 0 bridgehead atoms. The highest BCUT2D eigenvalue weighted by Crippen LogP contribution is 2.53. The van der Waals surface area contributed by atoms with E-state index in [2.05, 4.69) is 5.32 Å². The van der Waals surface area contributed by atoms with Crippen molar-refractivity contribution in [2.24, 2.45) is 5.92 Å². The predicted molar refractivity (Wildman–Crippen MR) is 154 cm³/mol. The number of thioether (sulfide) groups is 1. The second-order valence-electron chi connectivity index (χ2n) is 9.26. The van der Waals surface area contributed by atoms with Crippen molar-refractivity contribution in [1.29, 1.82) is 0 Å². The first-order chi connectivity index (χ1) is 19.2. The number of hydrogen-bond acceptors (Lipinski definition) is 6. The summed E-state index contributed by atoms with van der Waals surface area (Å²) in [5.41, 5.74) is 1.49. The molecule has 6 rings (SSSR count). The molecule has 0 saturated carbocycles. The molecule has 2 aliphatic rings. The Hall–Kier alpha value is -3.44. The third-order valence-corrected chi connectivity index (χ3v) is 9.90. The van der Waals surface area contributed by atoms with Gasteiger partial charge in [0.05, 0.1) is 16.6 Å². The molecule has 1 saturated heterocycles. The molecule has 7 nitrogen and oxygen atoms in total.